The van der Waals surface area contributed by atoms with Crippen molar-refractivity contribution in [2.45, 2.75) is 31.3 Å². The fraction of sp³-hybridized carbons (Fsp3) is 0.500. The molecule has 0 bridgehead atoms. The number of hydrogen-bond acceptors (Lipinski definition) is 0. The van der Waals surface area contributed by atoms with E-state index in [1.165, 1.54) is 29.9 Å². The molecule has 0 atom stereocenters. The lowest BCUT2D eigenvalue weighted by Gasteiger charge is -1.99. The van der Waals surface area contributed by atoms with Crippen molar-refractivity contribution in [3.8, 4) is 0 Å². The van der Waals surface area contributed by atoms with Gasteiger partial charge in [0.2, 0.25) is 0 Å². The van der Waals surface area contributed by atoms with E-state index in [2.05, 4.69) is 31.2 Å². The van der Waals surface area contributed by atoms with E-state index in [-0.39, 0.29) is 0 Å². The Labute approximate surface area is 97.2 Å². The molecule has 16 heavy (non-hydrogen) atoms. The van der Waals surface area contributed by atoms with Crippen LogP contribution in [0.5, 0.6) is 0 Å². The molecule has 0 radical (unpaired) electrons. The number of benzene rings is 1. The van der Waals surface area contributed by atoms with Crippen LogP contribution in [0.4, 0.5) is 13.2 Å². The molecular weight excluding hydrogens is 233 g/mol. The lowest BCUT2D eigenvalue weighted by Crippen LogP contribution is -2.03. The summed E-state index contributed by atoms with van der Waals surface area (Å²) in [7, 11) is 0.601. The molecular formula is C12H16F3S+. The standard InChI is InChI=1S/C11H15S.CHF3/c1-10-4-6-11(7-5-10)12-8-2-3-9-12;2-1(3)4/h4-7H,2-3,8-9H2,1H3;1H/q+1;. The van der Waals surface area contributed by atoms with Gasteiger partial charge >= 0.3 is 6.68 Å². The summed E-state index contributed by atoms with van der Waals surface area (Å²) in [4.78, 5) is 1.58. The van der Waals surface area contributed by atoms with Crippen LogP contribution in [0.2, 0.25) is 0 Å². The highest BCUT2D eigenvalue weighted by Gasteiger charge is 2.26. The fourth-order valence-corrected chi connectivity index (χ4v) is 3.92. The third-order valence-electron chi connectivity index (χ3n) is 2.39. The van der Waals surface area contributed by atoms with E-state index in [4.69, 9.17) is 0 Å². The van der Waals surface area contributed by atoms with Crippen LogP contribution in [0.3, 0.4) is 0 Å². The van der Waals surface area contributed by atoms with Crippen LogP contribution in [0.15, 0.2) is 29.2 Å². The van der Waals surface area contributed by atoms with E-state index in [0.717, 1.165) is 0 Å². The molecule has 4 heteroatoms. The highest BCUT2D eigenvalue weighted by atomic mass is 32.2. The lowest BCUT2D eigenvalue weighted by atomic mass is 10.2. The fourth-order valence-electron chi connectivity index (χ4n) is 1.62. The first-order chi connectivity index (χ1) is 7.59. The summed E-state index contributed by atoms with van der Waals surface area (Å²) in [6, 6.07) is 9.09. The maximum absolute atomic E-state index is 9.67. The van der Waals surface area contributed by atoms with Crippen LogP contribution in [0.25, 0.3) is 0 Å². The molecule has 1 aliphatic rings. The molecule has 0 aromatic heterocycles. The number of alkyl halides is 3. The smallest absolute Gasteiger partial charge is 0.174 e. The Hall–Kier alpha value is -0.640. The summed E-state index contributed by atoms with van der Waals surface area (Å²) in [5, 5.41) is 0. The minimum atomic E-state index is -3.67. The molecule has 0 amide bonds. The lowest BCUT2D eigenvalue weighted by molar-refractivity contribution is 0.00819. The first kappa shape index (κ1) is 13.4. The van der Waals surface area contributed by atoms with Crippen molar-refractivity contribution >= 4 is 10.9 Å². The van der Waals surface area contributed by atoms with Gasteiger partial charge in [0.25, 0.3) is 0 Å². The molecule has 0 spiro atoms. The van der Waals surface area contributed by atoms with E-state index in [9.17, 15) is 13.2 Å². The van der Waals surface area contributed by atoms with E-state index in [0.29, 0.717) is 10.9 Å². The van der Waals surface area contributed by atoms with E-state index < -0.39 is 6.68 Å². The van der Waals surface area contributed by atoms with Crippen molar-refractivity contribution < 1.29 is 13.2 Å². The number of aryl methyl sites for hydroxylation is 1. The molecule has 1 aliphatic heterocycles. The zero-order chi connectivity index (χ0) is 12.0. The summed E-state index contributed by atoms with van der Waals surface area (Å²) in [6.07, 6.45) is 2.88. The SMILES string of the molecule is Cc1ccc([S+]2CCCC2)cc1.FC(F)F. The Kier molecular flexibility index (Phi) is 5.74. The molecule has 1 aromatic carbocycles. The Morgan fingerprint density at radius 3 is 1.88 bits per heavy atom. The van der Waals surface area contributed by atoms with Gasteiger partial charge in [0.1, 0.15) is 11.5 Å². The van der Waals surface area contributed by atoms with Gasteiger partial charge in [-0.2, -0.15) is 13.2 Å². The first-order valence-corrected chi connectivity index (χ1v) is 6.82. The molecule has 2 rings (SSSR count). The summed E-state index contributed by atoms with van der Waals surface area (Å²) < 4.78 is 29.0. The summed E-state index contributed by atoms with van der Waals surface area (Å²) in [5.74, 6) is 2.87. The maximum Gasteiger partial charge on any atom is 0.379 e. The van der Waals surface area contributed by atoms with E-state index in [1.807, 2.05) is 0 Å². The van der Waals surface area contributed by atoms with Crippen molar-refractivity contribution in [2.24, 2.45) is 0 Å². The van der Waals surface area contributed by atoms with Crippen molar-refractivity contribution in [2.75, 3.05) is 11.5 Å². The highest BCUT2D eigenvalue weighted by molar-refractivity contribution is 7.97. The van der Waals surface area contributed by atoms with Gasteiger partial charge in [0.15, 0.2) is 4.90 Å². The number of hydrogen-bond donors (Lipinski definition) is 0. The molecule has 0 N–H and O–H groups in total. The molecule has 1 fully saturated rings. The van der Waals surface area contributed by atoms with Crippen molar-refractivity contribution in [3.05, 3.63) is 29.8 Å². The molecule has 1 aromatic rings. The Morgan fingerprint density at radius 2 is 1.44 bits per heavy atom. The minimum Gasteiger partial charge on any atom is -0.174 e. The first-order valence-electron chi connectivity index (χ1n) is 5.26. The molecule has 0 unspecified atom stereocenters. The zero-order valence-corrected chi connectivity index (χ0v) is 10.1. The number of rotatable bonds is 1. The second kappa shape index (κ2) is 6.84. The van der Waals surface area contributed by atoms with Crippen LogP contribution in [0.1, 0.15) is 18.4 Å². The monoisotopic (exact) mass is 249 g/mol. The summed E-state index contributed by atoms with van der Waals surface area (Å²) in [5.41, 5.74) is 1.38. The molecule has 0 aliphatic carbocycles. The highest BCUT2D eigenvalue weighted by Crippen LogP contribution is 2.22. The third kappa shape index (κ3) is 4.92. The maximum atomic E-state index is 9.67. The average Bonchev–Trinajstić information content (AvgIpc) is 2.71. The van der Waals surface area contributed by atoms with Gasteiger partial charge in [0.05, 0.1) is 0 Å². The number of halogens is 3. The van der Waals surface area contributed by atoms with Crippen LogP contribution in [0, 0.1) is 6.92 Å². The summed E-state index contributed by atoms with van der Waals surface area (Å²) >= 11 is 0. The predicted molar refractivity (Wildman–Crippen MR) is 62.9 cm³/mol. The normalized spacial score (nSPS) is 16.1. The van der Waals surface area contributed by atoms with Gasteiger partial charge in [-0.15, -0.1) is 0 Å². The van der Waals surface area contributed by atoms with Crippen LogP contribution in [-0.4, -0.2) is 18.2 Å². The summed E-state index contributed by atoms with van der Waals surface area (Å²) in [6.45, 7) is -1.51. The zero-order valence-electron chi connectivity index (χ0n) is 9.26. The molecule has 90 valence electrons. The van der Waals surface area contributed by atoms with Crippen LogP contribution in [-0.2, 0) is 10.9 Å². The van der Waals surface area contributed by atoms with Gasteiger partial charge in [-0.25, -0.2) is 0 Å². The molecule has 1 saturated heterocycles. The van der Waals surface area contributed by atoms with E-state index >= 15 is 0 Å². The quantitative estimate of drug-likeness (QED) is 0.661. The minimum absolute atomic E-state index is 0.601. The average molecular weight is 249 g/mol. The van der Waals surface area contributed by atoms with Gasteiger partial charge in [0, 0.05) is 10.9 Å². The van der Waals surface area contributed by atoms with Crippen molar-refractivity contribution in [1.29, 1.82) is 0 Å². The van der Waals surface area contributed by atoms with Gasteiger partial charge in [-0.1, -0.05) is 17.7 Å². The Morgan fingerprint density at radius 1 is 1.00 bits per heavy atom. The molecule has 0 saturated carbocycles. The van der Waals surface area contributed by atoms with Gasteiger partial charge < -0.3 is 0 Å². The van der Waals surface area contributed by atoms with Gasteiger partial charge in [-0.05, 0) is 31.9 Å². The second-order valence-electron chi connectivity index (χ2n) is 3.67. The Balaban J connectivity index is 0.000000280. The van der Waals surface area contributed by atoms with Crippen molar-refractivity contribution in [1.82, 2.24) is 0 Å². The predicted octanol–water partition coefficient (Wildman–Crippen LogP) is 3.94. The van der Waals surface area contributed by atoms with E-state index in [1.54, 1.807) is 4.90 Å². The van der Waals surface area contributed by atoms with Crippen LogP contribution >= 0.6 is 0 Å². The Bertz CT molecular complexity index is 289. The molecule has 1 heterocycles. The largest absolute Gasteiger partial charge is 0.379 e. The topological polar surface area (TPSA) is 0 Å². The van der Waals surface area contributed by atoms with Crippen LogP contribution < -0.4 is 0 Å². The second-order valence-corrected chi connectivity index (χ2v) is 5.94. The van der Waals surface area contributed by atoms with Crippen molar-refractivity contribution in [3.63, 3.8) is 0 Å². The third-order valence-corrected chi connectivity index (χ3v) is 4.89. The van der Waals surface area contributed by atoms with Gasteiger partial charge in [-0.3, -0.25) is 0 Å². The molecule has 0 nitrogen and oxygen atoms in total.